The molecule has 0 spiro atoms. The number of nitrogens with one attached hydrogen (secondary N) is 1. The molecule has 0 saturated carbocycles. The average Bonchev–Trinajstić information content (AvgIpc) is 3.33. The number of carbonyl (C=O) groups is 1. The highest BCUT2D eigenvalue weighted by Gasteiger charge is 2.19. The Balaban J connectivity index is 1.68. The highest BCUT2D eigenvalue weighted by Crippen LogP contribution is 2.15. The van der Waals surface area contributed by atoms with Gasteiger partial charge in [-0.15, -0.1) is 0 Å². The molecule has 2 aromatic carbocycles. The predicted molar refractivity (Wildman–Crippen MR) is 136 cm³/mol. The number of hydrogen-bond acceptors (Lipinski definition) is 4. The summed E-state index contributed by atoms with van der Waals surface area (Å²) in [6.07, 6.45) is 7.17. The Hall–Kier alpha value is -3.32. The summed E-state index contributed by atoms with van der Waals surface area (Å²) in [5.41, 5.74) is 2.29. The molecule has 2 amide bonds. The fraction of sp³-hybridized carbons (Fsp3) is 0.407. The van der Waals surface area contributed by atoms with Crippen molar-refractivity contribution in [2.75, 3.05) is 33.8 Å². The summed E-state index contributed by atoms with van der Waals surface area (Å²) in [5.74, 6) is 0.844. The van der Waals surface area contributed by atoms with Crippen molar-refractivity contribution in [3.05, 3.63) is 84.4 Å². The van der Waals surface area contributed by atoms with Crippen molar-refractivity contribution in [1.82, 2.24) is 24.7 Å². The first-order valence-corrected chi connectivity index (χ1v) is 11.9. The first-order chi connectivity index (χ1) is 16.5. The second-order valence-electron chi connectivity index (χ2n) is 8.75. The van der Waals surface area contributed by atoms with Crippen LogP contribution in [0.3, 0.4) is 0 Å². The van der Waals surface area contributed by atoms with Crippen LogP contribution < -0.4 is 10.1 Å². The van der Waals surface area contributed by atoms with Gasteiger partial charge < -0.3 is 24.4 Å². The molecule has 0 aliphatic carbocycles. The lowest BCUT2D eigenvalue weighted by molar-refractivity contribution is 0.186. The van der Waals surface area contributed by atoms with Crippen LogP contribution in [0.1, 0.15) is 24.5 Å². The SMILES string of the molecule is CCOc1ccc(CN(CCCn2ccnc2)C(=O)NC(Cc2ccccc2)CN(C)C)cc1. The fourth-order valence-corrected chi connectivity index (χ4v) is 3.96. The number of imidazole rings is 1. The van der Waals surface area contributed by atoms with E-state index < -0.39 is 0 Å². The maximum Gasteiger partial charge on any atom is 0.317 e. The summed E-state index contributed by atoms with van der Waals surface area (Å²) in [5, 5.41) is 3.29. The monoisotopic (exact) mass is 463 g/mol. The molecule has 7 nitrogen and oxygen atoms in total. The topological polar surface area (TPSA) is 62.6 Å². The average molecular weight is 464 g/mol. The molecule has 34 heavy (non-hydrogen) atoms. The van der Waals surface area contributed by atoms with E-state index in [1.165, 1.54) is 5.56 Å². The van der Waals surface area contributed by atoms with Crippen molar-refractivity contribution in [2.24, 2.45) is 0 Å². The molecule has 182 valence electrons. The molecule has 1 heterocycles. The van der Waals surface area contributed by atoms with E-state index >= 15 is 0 Å². The van der Waals surface area contributed by atoms with E-state index in [2.05, 4.69) is 27.3 Å². The fourth-order valence-electron chi connectivity index (χ4n) is 3.96. The number of aromatic nitrogens is 2. The molecule has 0 aliphatic rings. The zero-order chi connectivity index (χ0) is 24.2. The summed E-state index contributed by atoms with van der Waals surface area (Å²) in [6, 6.07) is 18.3. The van der Waals surface area contributed by atoms with Crippen LogP contribution in [0.15, 0.2) is 73.3 Å². The van der Waals surface area contributed by atoms with Crippen molar-refractivity contribution in [3.8, 4) is 5.75 Å². The van der Waals surface area contributed by atoms with Crippen molar-refractivity contribution >= 4 is 6.03 Å². The Kier molecular flexibility index (Phi) is 9.98. The maximum absolute atomic E-state index is 13.4. The smallest absolute Gasteiger partial charge is 0.317 e. The van der Waals surface area contributed by atoms with Gasteiger partial charge in [0.2, 0.25) is 0 Å². The quantitative estimate of drug-likeness (QED) is 0.415. The second-order valence-corrected chi connectivity index (χ2v) is 8.75. The number of likely N-dealkylation sites (N-methyl/N-ethyl adjacent to an activating group) is 1. The van der Waals surface area contributed by atoms with Gasteiger partial charge >= 0.3 is 6.03 Å². The van der Waals surface area contributed by atoms with Crippen LogP contribution in [0.25, 0.3) is 0 Å². The van der Waals surface area contributed by atoms with Gasteiger partial charge in [-0.1, -0.05) is 42.5 Å². The molecule has 0 aliphatic heterocycles. The van der Waals surface area contributed by atoms with E-state index in [1.54, 1.807) is 6.20 Å². The van der Waals surface area contributed by atoms with Crippen molar-refractivity contribution in [3.63, 3.8) is 0 Å². The van der Waals surface area contributed by atoms with Gasteiger partial charge in [0, 0.05) is 44.6 Å². The van der Waals surface area contributed by atoms with E-state index in [1.807, 2.05) is 85.5 Å². The van der Waals surface area contributed by atoms with Gasteiger partial charge in [-0.25, -0.2) is 9.78 Å². The lowest BCUT2D eigenvalue weighted by atomic mass is 10.1. The molecule has 1 unspecified atom stereocenters. The van der Waals surface area contributed by atoms with E-state index in [-0.39, 0.29) is 12.1 Å². The lowest BCUT2D eigenvalue weighted by Crippen LogP contribution is -2.49. The summed E-state index contributed by atoms with van der Waals surface area (Å²) in [7, 11) is 4.07. The summed E-state index contributed by atoms with van der Waals surface area (Å²) in [4.78, 5) is 21.6. The summed E-state index contributed by atoms with van der Waals surface area (Å²) >= 11 is 0. The van der Waals surface area contributed by atoms with E-state index in [9.17, 15) is 4.79 Å². The molecule has 1 aromatic heterocycles. The van der Waals surface area contributed by atoms with Crippen molar-refractivity contribution < 1.29 is 9.53 Å². The molecule has 7 heteroatoms. The second kappa shape index (κ2) is 13.4. The largest absolute Gasteiger partial charge is 0.494 e. The van der Waals surface area contributed by atoms with Crippen LogP contribution in [-0.4, -0.2) is 65.2 Å². The first-order valence-electron chi connectivity index (χ1n) is 11.9. The zero-order valence-corrected chi connectivity index (χ0v) is 20.6. The van der Waals surface area contributed by atoms with Gasteiger partial charge in [-0.2, -0.15) is 0 Å². The number of aryl methyl sites for hydroxylation is 1. The highest BCUT2D eigenvalue weighted by atomic mass is 16.5. The lowest BCUT2D eigenvalue weighted by Gasteiger charge is -2.28. The van der Waals surface area contributed by atoms with Gasteiger partial charge in [0.1, 0.15) is 5.75 Å². The van der Waals surface area contributed by atoms with Crippen LogP contribution in [0.4, 0.5) is 4.79 Å². The summed E-state index contributed by atoms with van der Waals surface area (Å²) < 4.78 is 7.60. The minimum Gasteiger partial charge on any atom is -0.494 e. The number of rotatable bonds is 13. The number of amides is 2. The molecule has 1 atom stereocenters. The first kappa shape index (κ1) is 25.3. The van der Waals surface area contributed by atoms with Gasteiger partial charge in [0.25, 0.3) is 0 Å². The molecule has 0 fully saturated rings. The van der Waals surface area contributed by atoms with Crippen LogP contribution in [0.5, 0.6) is 5.75 Å². The number of ether oxygens (including phenoxy) is 1. The zero-order valence-electron chi connectivity index (χ0n) is 20.6. The molecule has 0 bridgehead atoms. The number of urea groups is 1. The van der Waals surface area contributed by atoms with Crippen LogP contribution in [-0.2, 0) is 19.5 Å². The van der Waals surface area contributed by atoms with Gasteiger partial charge in [-0.3, -0.25) is 0 Å². The highest BCUT2D eigenvalue weighted by molar-refractivity contribution is 5.74. The Bertz CT molecular complexity index is 958. The normalized spacial score (nSPS) is 11.9. The van der Waals surface area contributed by atoms with E-state index in [0.29, 0.717) is 19.7 Å². The van der Waals surface area contributed by atoms with Gasteiger partial charge in [0.15, 0.2) is 0 Å². The minimum atomic E-state index is -0.0395. The Morgan fingerprint density at radius 2 is 1.85 bits per heavy atom. The predicted octanol–water partition coefficient (Wildman–Crippen LogP) is 4.06. The Morgan fingerprint density at radius 3 is 2.50 bits per heavy atom. The molecular formula is C27H37N5O2. The molecular weight excluding hydrogens is 426 g/mol. The number of benzene rings is 2. The molecule has 3 rings (SSSR count). The van der Waals surface area contributed by atoms with Crippen molar-refractivity contribution in [2.45, 2.75) is 38.9 Å². The third kappa shape index (κ3) is 8.56. The summed E-state index contributed by atoms with van der Waals surface area (Å²) in [6.45, 7) is 5.39. The molecule has 1 N–H and O–H groups in total. The number of hydrogen-bond donors (Lipinski definition) is 1. The minimum absolute atomic E-state index is 0.0152. The van der Waals surface area contributed by atoms with Crippen LogP contribution in [0, 0.1) is 0 Å². The Morgan fingerprint density at radius 1 is 1.09 bits per heavy atom. The van der Waals surface area contributed by atoms with Crippen molar-refractivity contribution in [1.29, 1.82) is 0 Å². The molecule has 3 aromatic rings. The van der Waals surface area contributed by atoms with Gasteiger partial charge in [0.05, 0.1) is 12.9 Å². The third-order valence-corrected chi connectivity index (χ3v) is 5.54. The molecule has 0 radical (unpaired) electrons. The Labute approximate surface area is 203 Å². The van der Waals surface area contributed by atoms with Gasteiger partial charge in [-0.05, 0) is 57.1 Å². The number of carbonyl (C=O) groups excluding carboxylic acids is 1. The number of nitrogens with zero attached hydrogens (tertiary/aromatic N) is 4. The van der Waals surface area contributed by atoms with E-state index in [4.69, 9.17) is 4.74 Å². The van der Waals surface area contributed by atoms with E-state index in [0.717, 1.165) is 37.2 Å². The maximum atomic E-state index is 13.4. The standard InChI is InChI=1S/C27H37N5O2/c1-4-34-26-13-11-24(12-14-26)20-32(17-8-16-31-18-15-28-22-31)27(33)29-25(21-30(2)3)19-23-9-6-5-7-10-23/h5-7,9-15,18,22,25H,4,8,16-17,19-21H2,1-3H3,(H,29,33). The third-order valence-electron chi connectivity index (χ3n) is 5.54. The van der Waals surface area contributed by atoms with Crippen LogP contribution in [0.2, 0.25) is 0 Å². The van der Waals surface area contributed by atoms with Crippen LogP contribution >= 0.6 is 0 Å². The molecule has 0 saturated heterocycles.